The Morgan fingerprint density at radius 2 is 1.27 bits per heavy atom. The SMILES string of the molecule is CCC1OCC1COc1ccc2ccc(OCC3COC3CC)cc2c1. The fraction of sp³-hybridized carbons (Fsp3) is 0.545. The summed E-state index contributed by atoms with van der Waals surface area (Å²) < 4.78 is 23.1. The third kappa shape index (κ3) is 3.67. The van der Waals surface area contributed by atoms with Crippen LogP contribution in [0.25, 0.3) is 10.8 Å². The van der Waals surface area contributed by atoms with Crippen LogP contribution in [0.4, 0.5) is 0 Å². The third-order valence-corrected chi connectivity index (χ3v) is 5.62. The molecular formula is C22H28O4. The Morgan fingerprint density at radius 1 is 0.769 bits per heavy atom. The van der Waals surface area contributed by atoms with E-state index in [0.717, 1.165) is 56.2 Å². The van der Waals surface area contributed by atoms with Crippen molar-refractivity contribution in [3.05, 3.63) is 36.4 Å². The molecule has 2 fully saturated rings. The number of hydrogen-bond acceptors (Lipinski definition) is 4. The first-order valence-corrected chi connectivity index (χ1v) is 9.79. The summed E-state index contributed by atoms with van der Waals surface area (Å²) in [6.45, 7) is 7.39. The highest BCUT2D eigenvalue weighted by Crippen LogP contribution is 2.29. The first kappa shape index (κ1) is 17.6. The largest absolute Gasteiger partial charge is 0.493 e. The van der Waals surface area contributed by atoms with Crippen molar-refractivity contribution >= 4 is 10.8 Å². The lowest BCUT2D eigenvalue weighted by molar-refractivity contribution is -0.128. The van der Waals surface area contributed by atoms with Crippen LogP contribution in [-0.2, 0) is 9.47 Å². The van der Waals surface area contributed by atoms with E-state index in [2.05, 4.69) is 38.1 Å². The number of rotatable bonds is 8. The molecule has 2 aliphatic rings. The molecule has 0 aromatic heterocycles. The molecule has 2 aromatic carbocycles. The van der Waals surface area contributed by atoms with Crippen molar-refractivity contribution in [1.29, 1.82) is 0 Å². The normalized spacial score (nSPS) is 27.6. The van der Waals surface area contributed by atoms with Crippen LogP contribution in [0.1, 0.15) is 26.7 Å². The lowest BCUT2D eigenvalue weighted by Crippen LogP contribution is -2.42. The van der Waals surface area contributed by atoms with Crippen molar-refractivity contribution < 1.29 is 18.9 Å². The van der Waals surface area contributed by atoms with Gasteiger partial charge in [0.05, 0.1) is 38.6 Å². The summed E-state index contributed by atoms with van der Waals surface area (Å²) in [5.41, 5.74) is 0. The van der Waals surface area contributed by atoms with E-state index < -0.39 is 0 Å². The van der Waals surface area contributed by atoms with Crippen molar-refractivity contribution in [2.45, 2.75) is 38.9 Å². The molecule has 0 amide bonds. The Morgan fingerprint density at radius 3 is 1.65 bits per heavy atom. The zero-order chi connectivity index (χ0) is 17.9. The minimum atomic E-state index is 0.359. The van der Waals surface area contributed by atoms with E-state index in [9.17, 15) is 0 Å². The van der Waals surface area contributed by atoms with Crippen LogP contribution in [0.15, 0.2) is 36.4 Å². The second-order valence-electron chi connectivity index (χ2n) is 7.37. The van der Waals surface area contributed by atoms with Crippen LogP contribution in [0.5, 0.6) is 11.5 Å². The lowest BCUT2D eigenvalue weighted by Gasteiger charge is -2.36. The molecule has 0 bridgehead atoms. The van der Waals surface area contributed by atoms with Crippen molar-refractivity contribution in [2.24, 2.45) is 11.8 Å². The third-order valence-electron chi connectivity index (χ3n) is 5.62. The summed E-state index contributed by atoms with van der Waals surface area (Å²) in [6, 6.07) is 12.5. The molecule has 140 valence electrons. The number of hydrogen-bond donors (Lipinski definition) is 0. The van der Waals surface area contributed by atoms with Crippen molar-refractivity contribution in [3.8, 4) is 11.5 Å². The van der Waals surface area contributed by atoms with Gasteiger partial charge in [-0.25, -0.2) is 0 Å². The Kier molecular flexibility index (Phi) is 5.32. The van der Waals surface area contributed by atoms with E-state index in [1.165, 1.54) is 5.39 Å². The first-order valence-electron chi connectivity index (χ1n) is 9.79. The van der Waals surface area contributed by atoms with E-state index >= 15 is 0 Å². The van der Waals surface area contributed by atoms with Gasteiger partial charge in [-0.3, -0.25) is 0 Å². The average Bonchev–Trinajstić information content (AvgIpc) is 2.60. The van der Waals surface area contributed by atoms with Crippen LogP contribution in [0.2, 0.25) is 0 Å². The summed E-state index contributed by atoms with van der Waals surface area (Å²) in [6.07, 6.45) is 2.82. The Balaban J connectivity index is 1.38. The van der Waals surface area contributed by atoms with E-state index in [1.807, 2.05) is 12.1 Å². The van der Waals surface area contributed by atoms with Gasteiger partial charge < -0.3 is 18.9 Å². The minimum Gasteiger partial charge on any atom is -0.493 e. The fourth-order valence-electron chi connectivity index (χ4n) is 3.74. The molecule has 4 nitrogen and oxygen atoms in total. The van der Waals surface area contributed by atoms with Gasteiger partial charge in [0.1, 0.15) is 11.5 Å². The van der Waals surface area contributed by atoms with Gasteiger partial charge in [-0.15, -0.1) is 0 Å². The van der Waals surface area contributed by atoms with Crippen molar-refractivity contribution in [3.63, 3.8) is 0 Å². The molecule has 4 rings (SSSR count). The monoisotopic (exact) mass is 356 g/mol. The van der Waals surface area contributed by atoms with E-state index in [1.54, 1.807) is 0 Å². The lowest BCUT2D eigenvalue weighted by atomic mass is 9.97. The van der Waals surface area contributed by atoms with Crippen LogP contribution in [0, 0.1) is 11.8 Å². The number of benzene rings is 2. The van der Waals surface area contributed by atoms with Gasteiger partial charge in [-0.1, -0.05) is 26.0 Å². The van der Waals surface area contributed by atoms with Crippen LogP contribution in [-0.4, -0.2) is 38.6 Å². The van der Waals surface area contributed by atoms with Gasteiger partial charge in [-0.05, 0) is 47.9 Å². The Hall–Kier alpha value is -1.78. The molecule has 0 aliphatic carbocycles. The summed E-state index contributed by atoms with van der Waals surface area (Å²) in [5, 5.41) is 2.34. The molecule has 2 heterocycles. The zero-order valence-corrected chi connectivity index (χ0v) is 15.6. The summed E-state index contributed by atoms with van der Waals surface area (Å²) in [4.78, 5) is 0. The van der Waals surface area contributed by atoms with Gasteiger partial charge in [0.15, 0.2) is 0 Å². The summed E-state index contributed by atoms with van der Waals surface area (Å²) >= 11 is 0. The predicted octanol–water partition coefficient (Wildman–Crippen LogP) is 4.45. The smallest absolute Gasteiger partial charge is 0.119 e. The standard InChI is InChI=1S/C22H28O4/c1-3-21-17(13-25-21)11-23-19-7-5-15-6-8-20(10-16(15)9-19)24-12-18-14-26-22(18)4-2/h5-10,17-18,21-22H,3-4,11-14H2,1-2H3. The van der Waals surface area contributed by atoms with E-state index in [-0.39, 0.29) is 0 Å². The average molecular weight is 356 g/mol. The molecule has 4 unspecified atom stereocenters. The predicted molar refractivity (Wildman–Crippen MR) is 102 cm³/mol. The molecule has 0 radical (unpaired) electrons. The highest BCUT2D eigenvalue weighted by molar-refractivity contribution is 5.85. The Bertz CT molecular complexity index is 681. The Labute approximate surface area is 155 Å². The molecule has 26 heavy (non-hydrogen) atoms. The quantitative estimate of drug-likeness (QED) is 0.700. The fourth-order valence-corrected chi connectivity index (χ4v) is 3.74. The zero-order valence-electron chi connectivity index (χ0n) is 15.6. The molecule has 0 saturated carbocycles. The molecular weight excluding hydrogens is 328 g/mol. The van der Waals surface area contributed by atoms with Crippen molar-refractivity contribution in [2.75, 3.05) is 26.4 Å². The minimum absolute atomic E-state index is 0.359. The van der Waals surface area contributed by atoms with Gasteiger partial charge in [0.2, 0.25) is 0 Å². The first-order chi connectivity index (χ1) is 12.8. The topological polar surface area (TPSA) is 36.9 Å². The van der Waals surface area contributed by atoms with Gasteiger partial charge in [0.25, 0.3) is 0 Å². The molecule has 4 heteroatoms. The van der Waals surface area contributed by atoms with Gasteiger partial charge >= 0.3 is 0 Å². The summed E-state index contributed by atoms with van der Waals surface area (Å²) in [5.74, 6) is 2.85. The summed E-state index contributed by atoms with van der Waals surface area (Å²) in [7, 11) is 0. The van der Waals surface area contributed by atoms with Crippen LogP contribution in [0.3, 0.4) is 0 Å². The van der Waals surface area contributed by atoms with Gasteiger partial charge in [0, 0.05) is 11.8 Å². The second kappa shape index (κ2) is 7.85. The number of fused-ring (bicyclic) bond motifs is 1. The van der Waals surface area contributed by atoms with Crippen LogP contribution < -0.4 is 9.47 Å². The maximum Gasteiger partial charge on any atom is 0.119 e. The highest BCUT2D eigenvalue weighted by Gasteiger charge is 2.31. The molecule has 2 saturated heterocycles. The van der Waals surface area contributed by atoms with Gasteiger partial charge in [-0.2, -0.15) is 0 Å². The highest BCUT2D eigenvalue weighted by atomic mass is 16.5. The molecule has 2 aliphatic heterocycles. The second-order valence-corrected chi connectivity index (χ2v) is 7.37. The maximum atomic E-state index is 6.01. The van der Waals surface area contributed by atoms with E-state index in [0.29, 0.717) is 24.0 Å². The van der Waals surface area contributed by atoms with Crippen LogP contribution >= 0.6 is 0 Å². The molecule has 0 N–H and O–H groups in total. The molecule has 4 atom stereocenters. The van der Waals surface area contributed by atoms with E-state index in [4.69, 9.17) is 18.9 Å². The maximum absolute atomic E-state index is 6.01. The molecule has 0 spiro atoms. The number of ether oxygens (including phenoxy) is 4. The molecule has 2 aromatic rings. The van der Waals surface area contributed by atoms with Crippen molar-refractivity contribution in [1.82, 2.24) is 0 Å².